The predicted octanol–water partition coefficient (Wildman–Crippen LogP) is 4.00. The Balaban J connectivity index is 1.48. The average Bonchev–Trinajstić information content (AvgIpc) is 3.11. The molecule has 0 aliphatic heterocycles. The number of nitrogens with zero attached hydrogens (tertiary/aromatic N) is 1. The van der Waals surface area contributed by atoms with Gasteiger partial charge < -0.3 is 9.72 Å². The summed E-state index contributed by atoms with van der Waals surface area (Å²) in [5.74, 6) is -0.510. The smallest absolute Gasteiger partial charge is 0.338 e. The summed E-state index contributed by atoms with van der Waals surface area (Å²) in [6.45, 7) is 5.27. The molecule has 2 aromatic heterocycles. The van der Waals surface area contributed by atoms with Crippen molar-refractivity contribution in [3.8, 4) is 0 Å². The standard InChI is InChI=1S/C24H23N3O5S2/c1-14-16(3)33-23-21(14)22(28)25-20(26-23)13-32-24(29)18-10-7-11-19(12-18)34(30,31)27-15(2)17-8-5-4-6-9-17/h4-12,15,27H,13H2,1-3H3,(H,25,26,28). The molecule has 0 fully saturated rings. The molecule has 1 atom stereocenters. The number of aromatic nitrogens is 2. The molecule has 0 radical (unpaired) electrons. The molecular formula is C24H23N3O5S2. The van der Waals surface area contributed by atoms with Gasteiger partial charge in [-0.3, -0.25) is 4.79 Å². The maximum atomic E-state index is 12.8. The Morgan fingerprint density at radius 2 is 1.88 bits per heavy atom. The zero-order valence-electron chi connectivity index (χ0n) is 18.8. The van der Waals surface area contributed by atoms with Gasteiger partial charge in [0.05, 0.1) is 15.8 Å². The number of aromatic amines is 1. The molecule has 10 heteroatoms. The Bertz CT molecular complexity index is 1530. The number of hydrogen-bond donors (Lipinski definition) is 2. The fraction of sp³-hybridized carbons (Fsp3) is 0.208. The minimum absolute atomic E-state index is 0.0535. The molecule has 1 unspecified atom stereocenters. The van der Waals surface area contributed by atoms with Crippen molar-refractivity contribution in [2.75, 3.05) is 0 Å². The first-order valence-electron chi connectivity index (χ1n) is 10.5. The van der Waals surface area contributed by atoms with E-state index in [0.29, 0.717) is 10.2 Å². The summed E-state index contributed by atoms with van der Waals surface area (Å²) in [5.41, 5.74) is 1.48. The second-order valence-corrected chi connectivity index (χ2v) is 10.8. The highest BCUT2D eigenvalue weighted by atomic mass is 32.2. The van der Waals surface area contributed by atoms with Gasteiger partial charge in [0, 0.05) is 10.9 Å². The Morgan fingerprint density at radius 3 is 2.62 bits per heavy atom. The van der Waals surface area contributed by atoms with Gasteiger partial charge in [0.1, 0.15) is 17.3 Å². The first-order chi connectivity index (χ1) is 16.2. The molecule has 2 aromatic carbocycles. The monoisotopic (exact) mass is 497 g/mol. The molecule has 176 valence electrons. The van der Waals surface area contributed by atoms with Crippen LogP contribution < -0.4 is 10.3 Å². The first-order valence-corrected chi connectivity index (χ1v) is 12.8. The zero-order chi connectivity index (χ0) is 24.5. The summed E-state index contributed by atoms with van der Waals surface area (Å²) < 4.78 is 33.6. The number of benzene rings is 2. The van der Waals surface area contributed by atoms with E-state index in [2.05, 4.69) is 14.7 Å². The van der Waals surface area contributed by atoms with Crippen LogP contribution >= 0.6 is 11.3 Å². The second kappa shape index (κ2) is 9.49. The van der Waals surface area contributed by atoms with Crippen LogP contribution in [0.5, 0.6) is 0 Å². The van der Waals surface area contributed by atoms with Crippen molar-refractivity contribution in [3.63, 3.8) is 0 Å². The van der Waals surface area contributed by atoms with Crippen LogP contribution in [0, 0.1) is 13.8 Å². The van der Waals surface area contributed by atoms with Gasteiger partial charge in [-0.05, 0) is 50.1 Å². The van der Waals surface area contributed by atoms with E-state index in [9.17, 15) is 18.0 Å². The molecule has 4 aromatic rings. The van der Waals surface area contributed by atoms with Gasteiger partial charge in [0.25, 0.3) is 5.56 Å². The number of H-pyrrole nitrogens is 1. The lowest BCUT2D eigenvalue weighted by Crippen LogP contribution is -2.27. The third-order valence-corrected chi connectivity index (χ3v) is 8.08. The minimum Gasteiger partial charge on any atom is -0.454 e. The van der Waals surface area contributed by atoms with Crippen molar-refractivity contribution in [1.29, 1.82) is 0 Å². The number of sulfonamides is 1. The Labute approximate surface area is 200 Å². The highest BCUT2D eigenvalue weighted by molar-refractivity contribution is 7.89. The maximum absolute atomic E-state index is 12.8. The lowest BCUT2D eigenvalue weighted by atomic mass is 10.1. The fourth-order valence-electron chi connectivity index (χ4n) is 3.49. The minimum atomic E-state index is -3.88. The molecular weight excluding hydrogens is 474 g/mol. The van der Waals surface area contributed by atoms with Crippen LogP contribution in [0.15, 0.2) is 64.3 Å². The van der Waals surface area contributed by atoms with Crippen LogP contribution in [0.3, 0.4) is 0 Å². The predicted molar refractivity (Wildman–Crippen MR) is 130 cm³/mol. The van der Waals surface area contributed by atoms with Crippen molar-refractivity contribution in [1.82, 2.24) is 14.7 Å². The van der Waals surface area contributed by atoms with Gasteiger partial charge in [-0.2, -0.15) is 0 Å². The molecule has 8 nitrogen and oxygen atoms in total. The summed E-state index contributed by atoms with van der Waals surface area (Å²) in [4.78, 5) is 33.5. The van der Waals surface area contributed by atoms with Crippen LogP contribution in [-0.4, -0.2) is 24.4 Å². The number of nitrogens with one attached hydrogen (secondary N) is 2. The quantitative estimate of drug-likeness (QED) is 0.373. The number of carbonyl (C=O) groups is 1. The molecule has 0 aliphatic rings. The van der Waals surface area contributed by atoms with Crippen molar-refractivity contribution < 1.29 is 17.9 Å². The molecule has 34 heavy (non-hydrogen) atoms. The summed E-state index contributed by atoms with van der Waals surface area (Å²) in [6.07, 6.45) is 0. The molecule has 2 N–H and O–H groups in total. The summed E-state index contributed by atoms with van der Waals surface area (Å²) in [7, 11) is -3.88. The highest BCUT2D eigenvalue weighted by Crippen LogP contribution is 2.25. The fourth-order valence-corrected chi connectivity index (χ4v) is 5.81. The Kier molecular flexibility index (Phi) is 6.65. The third kappa shape index (κ3) is 4.93. The van der Waals surface area contributed by atoms with E-state index in [1.165, 1.54) is 35.6 Å². The molecule has 0 aliphatic carbocycles. The first kappa shape index (κ1) is 23.8. The maximum Gasteiger partial charge on any atom is 0.338 e. The van der Waals surface area contributed by atoms with E-state index in [1.54, 1.807) is 6.92 Å². The van der Waals surface area contributed by atoms with E-state index in [0.717, 1.165) is 16.0 Å². The lowest BCUT2D eigenvalue weighted by Gasteiger charge is -2.15. The number of rotatable bonds is 7. The topological polar surface area (TPSA) is 118 Å². The number of esters is 1. The molecule has 0 bridgehead atoms. The SMILES string of the molecule is Cc1sc2nc(COC(=O)c3cccc(S(=O)(=O)NC(C)c4ccccc4)c3)[nH]c(=O)c2c1C. The number of carbonyl (C=O) groups excluding carboxylic acids is 1. The van der Waals surface area contributed by atoms with Crippen LogP contribution in [0.4, 0.5) is 0 Å². The van der Waals surface area contributed by atoms with Gasteiger partial charge in [0.15, 0.2) is 0 Å². The highest BCUT2D eigenvalue weighted by Gasteiger charge is 2.20. The van der Waals surface area contributed by atoms with Crippen LogP contribution in [0.25, 0.3) is 10.2 Å². The van der Waals surface area contributed by atoms with E-state index in [4.69, 9.17) is 4.74 Å². The number of fused-ring (bicyclic) bond motifs is 1. The molecule has 0 saturated carbocycles. The van der Waals surface area contributed by atoms with Gasteiger partial charge in [-0.1, -0.05) is 36.4 Å². The second-order valence-electron chi connectivity index (χ2n) is 7.83. The number of aryl methyl sites for hydroxylation is 2. The molecule has 0 spiro atoms. The van der Waals surface area contributed by atoms with Gasteiger partial charge in [-0.25, -0.2) is 22.9 Å². The van der Waals surface area contributed by atoms with Crippen molar-refractivity contribution >= 4 is 37.5 Å². The van der Waals surface area contributed by atoms with Crippen molar-refractivity contribution in [2.45, 2.75) is 38.3 Å². The molecule has 4 rings (SSSR count). The molecule has 0 amide bonds. The van der Waals surface area contributed by atoms with E-state index in [1.807, 2.05) is 44.2 Å². The third-order valence-electron chi connectivity index (χ3n) is 5.44. The summed E-state index contributed by atoms with van der Waals surface area (Å²) in [5, 5.41) is 0.535. The largest absolute Gasteiger partial charge is 0.454 e. The Morgan fingerprint density at radius 1 is 1.15 bits per heavy atom. The average molecular weight is 498 g/mol. The lowest BCUT2D eigenvalue weighted by molar-refractivity contribution is 0.0462. The number of ether oxygens (including phenoxy) is 1. The summed E-state index contributed by atoms with van der Waals surface area (Å²) in [6, 6.07) is 14.3. The van der Waals surface area contributed by atoms with E-state index >= 15 is 0 Å². The van der Waals surface area contributed by atoms with E-state index in [-0.39, 0.29) is 28.4 Å². The van der Waals surface area contributed by atoms with Crippen molar-refractivity contribution in [3.05, 3.63) is 92.3 Å². The van der Waals surface area contributed by atoms with Crippen LogP contribution in [-0.2, 0) is 21.4 Å². The molecule has 2 heterocycles. The zero-order valence-corrected chi connectivity index (χ0v) is 20.4. The van der Waals surface area contributed by atoms with Gasteiger partial charge >= 0.3 is 5.97 Å². The van der Waals surface area contributed by atoms with Gasteiger partial charge in [-0.15, -0.1) is 11.3 Å². The van der Waals surface area contributed by atoms with E-state index < -0.39 is 22.0 Å². The molecule has 0 saturated heterocycles. The number of thiophene rings is 1. The van der Waals surface area contributed by atoms with Gasteiger partial charge in [0.2, 0.25) is 10.0 Å². The normalized spacial score (nSPS) is 12.6. The van der Waals surface area contributed by atoms with Crippen LogP contribution in [0.2, 0.25) is 0 Å². The van der Waals surface area contributed by atoms with Crippen LogP contribution in [0.1, 0.15) is 45.2 Å². The number of hydrogen-bond acceptors (Lipinski definition) is 7. The summed E-state index contributed by atoms with van der Waals surface area (Å²) >= 11 is 1.40. The Hall–Kier alpha value is -3.34. The van der Waals surface area contributed by atoms with Crippen molar-refractivity contribution in [2.24, 2.45) is 0 Å².